The summed E-state index contributed by atoms with van der Waals surface area (Å²) in [6, 6.07) is 13.7. The van der Waals surface area contributed by atoms with Crippen molar-refractivity contribution >= 4 is 32.7 Å². The number of fused-ring (bicyclic) bond motifs is 1. The molecule has 2 heterocycles. The molecule has 4 rings (SSSR count). The zero-order chi connectivity index (χ0) is 18.6. The zero-order valence-corrected chi connectivity index (χ0v) is 16.2. The largest absolute Gasteiger partial charge is 0.481 e. The fourth-order valence-electron chi connectivity index (χ4n) is 3.82. The molecular formula is C21H23N3O2S. The van der Waals surface area contributed by atoms with Gasteiger partial charge in [-0.1, -0.05) is 67.4 Å². The van der Waals surface area contributed by atoms with Crippen molar-refractivity contribution in [1.82, 2.24) is 9.97 Å². The number of anilines is 1. The summed E-state index contributed by atoms with van der Waals surface area (Å²) in [4.78, 5) is 22.8. The van der Waals surface area contributed by atoms with E-state index in [4.69, 9.17) is 4.74 Å². The molecule has 5 nitrogen and oxygen atoms in total. The van der Waals surface area contributed by atoms with Crippen molar-refractivity contribution in [2.24, 2.45) is 5.92 Å². The number of nitrogens with zero attached hydrogens (tertiary/aromatic N) is 2. The van der Waals surface area contributed by atoms with Crippen LogP contribution in [-0.2, 0) is 4.79 Å². The second-order valence-electron chi connectivity index (χ2n) is 7.04. The molecule has 0 bridgehead atoms. The molecule has 2 aromatic heterocycles. The predicted molar refractivity (Wildman–Crippen MR) is 108 cm³/mol. The lowest BCUT2D eigenvalue weighted by atomic mass is 9.87. The van der Waals surface area contributed by atoms with E-state index in [2.05, 4.69) is 15.3 Å². The third-order valence-corrected chi connectivity index (χ3v) is 6.11. The van der Waals surface area contributed by atoms with Crippen LogP contribution in [0.1, 0.15) is 43.6 Å². The van der Waals surface area contributed by atoms with Gasteiger partial charge in [0.15, 0.2) is 5.13 Å². The number of carbonyl (C=O) groups is 1. The molecule has 1 aliphatic carbocycles. The van der Waals surface area contributed by atoms with E-state index in [1.165, 1.54) is 37.0 Å². The molecule has 1 saturated carbocycles. The summed E-state index contributed by atoms with van der Waals surface area (Å²) in [7, 11) is 1.59. The van der Waals surface area contributed by atoms with Gasteiger partial charge in [0, 0.05) is 6.07 Å². The molecule has 0 saturated heterocycles. The fraction of sp³-hybridized carbons (Fsp3) is 0.381. The summed E-state index contributed by atoms with van der Waals surface area (Å²) in [6.07, 6.45) is 5.90. The molecule has 0 radical (unpaired) electrons. The average molecular weight is 382 g/mol. The van der Waals surface area contributed by atoms with E-state index >= 15 is 0 Å². The third kappa shape index (κ3) is 4.11. The highest BCUT2D eigenvalue weighted by Gasteiger charge is 2.27. The molecule has 1 aromatic carbocycles. The molecule has 0 unspecified atom stereocenters. The monoisotopic (exact) mass is 381 g/mol. The number of rotatable bonds is 6. The second kappa shape index (κ2) is 8.05. The van der Waals surface area contributed by atoms with Gasteiger partial charge in [-0.15, -0.1) is 0 Å². The minimum absolute atomic E-state index is 0.0131. The zero-order valence-electron chi connectivity index (χ0n) is 15.4. The van der Waals surface area contributed by atoms with E-state index in [9.17, 15) is 4.79 Å². The number of benzene rings is 1. The summed E-state index contributed by atoms with van der Waals surface area (Å²) in [5, 5.41) is 3.62. The van der Waals surface area contributed by atoms with Gasteiger partial charge in [0.05, 0.1) is 13.0 Å². The van der Waals surface area contributed by atoms with Crippen LogP contribution in [0.2, 0.25) is 0 Å². The maximum atomic E-state index is 13.1. The minimum Gasteiger partial charge on any atom is -0.481 e. The fourth-order valence-corrected chi connectivity index (χ4v) is 4.65. The van der Waals surface area contributed by atoms with E-state index < -0.39 is 0 Å². The van der Waals surface area contributed by atoms with Crippen molar-refractivity contribution in [2.75, 3.05) is 12.4 Å². The smallest absolute Gasteiger partial charge is 0.233 e. The van der Waals surface area contributed by atoms with Gasteiger partial charge in [-0.05, 0) is 24.0 Å². The summed E-state index contributed by atoms with van der Waals surface area (Å²) in [6.45, 7) is 0. The normalized spacial score (nSPS) is 15.7. The van der Waals surface area contributed by atoms with Crippen molar-refractivity contribution in [1.29, 1.82) is 0 Å². The van der Waals surface area contributed by atoms with Crippen molar-refractivity contribution in [2.45, 2.75) is 38.0 Å². The number of ether oxygens (including phenoxy) is 1. The maximum absolute atomic E-state index is 13.1. The van der Waals surface area contributed by atoms with Crippen molar-refractivity contribution in [3.05, 3.63) is 48.0 Å². The lowest BCUT2D eigenvalue weighted by molar-refractivity contribution is -0.118. The average Bonchev–Trinajstić information content (AvgIpc) is 3.35. The number of aromatic nitrogens is 2. The first kappa shape index (κ1) is 17.9. The summed E-state index contributed by atoms with van der Waals surface area (Å²) >= 11 is 1.38. The Balaban J connectivity index is 1.55. The Morgan fingerprint density at radius 1 is 1.19 bits per heavy atom. The number of hydrogen-bond acceptors (Lipinski definition) is 5. The Hall–Kier alpha value is -2.47. The minimum atomic E-state index is -0.149. The van der Waals surface area contributed by atoms with Crippen LogP contribution < -0.4 is 10.1 Å². The standard InChI is InChI=1S/C21H23N3O2S/c1-26-18-12-11-17-20(23-18)27-21(22-17)24-19(25)16(13-14-7-5-6-8-14)15-9-3-2-4-10-15/h2-4,9-12,14,16H,5-8,13H2,1H3,(H,22,24,25)/t16-/m1/s1. The van der Waals surface area contributed by atoms with Gasteiger partial charge < -0.3 is 10.1 Å². The highest BCUT2D eigenvalue weighted by atomic mass is 32.1. The first-order valence-corrected chi connectivity index (χ1v) is 10.2. The van der Waals surface area contributed by atoms with E-state index in [-0.39, 0.29) is 11.8 Å². The molecule has 1 atom stereocenters. The SMILES string of the molecule is COc1ccc2nc(NC(=O)[C@H](CC3CCCC3)c3ccccc3)sc2n1. The van der Waals surface area contributed by atoms with Gasteiger partial charge >= 0.3 is 0 Å². The van der Waals surface area contributed by atoms with Crippen LogP contribution in [0.25, 0.3) is 10.3 Å². The van der Waals surface area contributed by atoms with Crippen LogP contribution in [-0.4, -0.2) is 23.0 Å². The van der Waals surface area contributed by atoms with Gasteiger partial charge in [0.1, 0.15) is 10.3 Å². The number of pyridine rings is 1. The van der Waals surface area contributed by atoms with Crippen LogP contribution in [0.4, 0.5) is 5.13 Å². The summed E-state index contributed by atoms with van der Waals surface area (Å²) < 4.78 is 5.16. The molecule has 1 fully saturated rings. The Morgan fingerprint density at radius 3 is 2.70 bits per heavy atom. The quantitative estimate of drug-likeness (QED) is 0.652. The number of thiazole rings is 1. The summed E-state index contributed by atoms with van der Waals surface area (Å²) in [5.74, 6) is 1.04. The molecular weight excluding hydrogens is 358 g/mol. The van der Waals surface area contributed by atoms with Gasteiger partial charge in [0.25, 0.3) is 0 Å². The maximum Gasteiger partial charge on any atom is 0.233 e. The number of hydrogen-bond donors (Lipinski definition) is 1. The molecule has 1 N–H and O–H groups in total. The number of carbonyl (C=O) groups excluding carboxylic acids is 1. The van der Waals surface area contributed by atoms with E-state index in [1.54, 1.807) is 13.2 Å². The number of methoxy groups -OCH3 is 1. The molecule has 1 aliphatic rings. The lowest BCUT2D eigenvalue weighted by Gasteiger charge is -2.20. The van der Waals surface area contributed by atoms with E-state index in [1.807, 2.05) is 36.4 Å². The molecule has 6 heteroatoms. The first-order chi connectivity index (χ1) is 13.2. The van der Waals surface area contributed by atoms with Gasteiger partial charge in [-0.3, -0.25) is 4.79 Å². The highest BCUT2D eigenvalue weighted by Crippen LogP contribution is 2.35. The van der Waals surface area contributed by atoms with E-state index in [0.717, 1.165) is 22.3 Å². The van der Waals surface area contributed by atoms with Crippen molar-refractivity contribution < 1.29 is 9.53 Å². The van der Waals surface area contributed by atoms with Crippen molar-refractivity contribution in [3.8, 4) is 5.88 Å². The van der Waals surface area contributed by atoms with Gasteiger partial charge in [-0.25, -0.2) is 9.97 Å². The van der Waals surface area contributed by atoms with Crippen LogP contribution in [0.5, 0.6) is 5.88 Å². The van der Waals surface area contributed by atoms with Crippen LogP contribution in [0.3, 0.4) is 0 Å². The van der Waals surface area contributed by atoms with E-state index in [0.29, 0.717) is 16.9 Å². The number of nitrogens with one attached hydrogen (secondary N) is 1. The molecule has 0 spiro atoms. The molecule has 0 aliphatic heterocycles. The van der Waals surface area contributed by atoms with Crippen LogP contribution in [0, 0.1) is 5.92 Å². The molecule has 3 aromatic rings. The molecule has 140 valence electrons. The second-order valence-corrected chi connectivity index (χ2v) is 8.01. The van der Waals surface area contributed by atoms with Gasteiger partial charge in [-0.2, -0.15) is 0 Å². The highest BCUT2D eigenvalue weighted by molar-refractivity contribution is 7.21. The Morgan fingerprint density at radius 2 is 1.96 bits per heavy atom. The Bertz CT molecular complexity index is 920. The molecule has 27 heavy (non-hydrogen) atoms. The topological polar surface area (TPSA) is 64.1 Å². The third-order valence-electron chi connectivity index (χ3n) is 5.23. The first-order valence-electron chi connectivity index (χ1n) is 9.40. The van der Waals surface area contributed by atoms with Gasteiger partial charge in [0.2, 0.25) is 11.8 Å². The predicted octanol–water partition coefficient (Wildman–Crippen LogP) is 5.00. The van der Waals surface area contributed by atoms with Crippen molar-refractivity contribution in [3.63, 3.8) is 0 Å². The lowest BCUT2D eigenvalue weighted by Crippen LogP contribution is -2.23. The molecule has 1 amide bonds. The Kier molecular flexibility index (Phi) is 5.34. The number of amides is 1. The van der Waals surface area contributed by atoms with Crippen LogP contribution >= 0.6 is 11.3 Å². The van der Waals surface area contributed by atoms with Crippen LogP contribution in [0.15, 0.2) is 42.5 Å². The summed E-state index contributed by atoms with van der Waals surface area (Å²) in [5.41, 5.74) is 1.84. The Labute approximate surface area is 162 Å².